The van der Waals surface area contributed by atoms with Crippen molar-refractivity contribution in [2.24, 2.45) is 0 Å². The quantitative estimate of drug-likeness (QED) is 0.499. The SMILES string of the molecule is O=C(O)c1ccc(C2(NS(=O)(=O)CCc3ccccc3)Cc3cc(Cl)ccc3N2)cc1. The molecule has 0 amide bonds. The second-order valence-electron chi connectivity index (χ2n) is 7.55. The van der Waals surface area contributed by atoms with E-state index in [1.165, 1.54) is 12.1 Å². The molecule has 1 atom stereocenters. The third kappa shape index (κ3) is 4.74. The number of rotatable bonds is 7. The van der Waals surface area contributed by atoms with Crippen LogP contribution in [0.5, 0.6) is 0 Å². The van der Waals surface area contributed by atoms with E-state index in [1.54, 1.807) is 24.3 Å². The maximum absolute atomic E-state index is 13.1. The highest BCUT2D eigenvalue weighted by Crippen LogP contribution is 2.39. The van der Waals surface area contributed by atoms with Gasteiger partial charge in [-0.2, -0.15) is 4.72 Å². The molecule has 1 aliphatic heterocycles. The van der Waals surface area contributed by atoms with Gasteiger partial charge in [-0.05, 0) is 53.4 Å². The van der Waals surface area contributed by atoms with Crippen molar-refractivity contribution in [1.82, 2.24) is 4.72 Å². The van der Waals surface area contributed by atoms with E-state index in [0.29, 0.717) is 23.4 Å². The van der Waals surface area contributed by atoms with E-state index in [4.69, 9.17) is 11.6 Å². The van der Waals surface area contributed by atoms with Crippen molar-refractivity contribution in [1.29, 1.82) is 0 Å². The lowest BCUT2D eigenvalue weighted by molar-refractivity contribution is 0.0696. The Bertz CT molecular complexity index is 1210. The number of aryl methyl sites for hydroxylation is 1. The highest BCUT2D eigenvalue weighted by molar-refractivity contribution is 7.89. The van der Waals surface area contributed by atoms with Gasteiger partial charge in [0.15, 0.2) is 0 Å². The number of sulfonamides is 1. The summed E-state index contributed by atoms with van der Waals surface area (Å²) in [5.41, 5.74) is 2.19. The molecule has 0 saturated heterocycles. The second-order valence-corrected chi connectivity index (χ2v) is 9.83. The smallest absolute Gasteiger partial charge is 0.335 e. The maximum Gasteiger partial charge on any atom is 0.335 e. The molecule has 0 spiro atoms. The number of halogens is 1. The molecule has 31 heavy (non-hydrogen) atoms. The summed E-state index contributed by atoms with van der Waals surface area (Å²) in [6.07, 6.45) is 0.711. The fourth-order valence-corrected chi connectivity index (χ4v) is 5.37. The van der Waals surface area contributed by atoms with E-state index in [-0.39, 0.29) is 11.3 Å². The Balaban J connectivity index is 1.65. The Morgan fingerprint density at radius 2 is 1.77 bits per heavy atom. The lowest BCUT2D eigenvalue weighted by Crippen LogP contribution is -2.51. The summed E-state index contributed by atoms with van der Waals surface area (Å²) < 4.78 is 29.0. The second kappa shape index (κ2) is 8.34. The van der Waals surface area contributed by atoms with Crippen molar-refractivity contribution < 1.29 is 18.3 Å². The fraction of sp³-hybridized carbons (Fsp3) is 0.174. The Morgan fingerprint density at radius 1 is 1.06 bits per heavy atom. The molecule has 3 aromatic rings. The molecule has 4 rings (SSSR count). The molecule has 0 bridgehead atoms. The minimum atomic E-state index is -3.69. The van der Waals surface area contributed by atoms with Crippen LogP contribution in [0.15, 0.2) is 72.8 Å². The van der Waals surface area contributed by atoms with E-state index in [1.807, 2.05) is 36.4 Å². The number of carboxylic acids is 1. The number of nitrogens with one attached hydrogen (secondary N) is 2. The van der Waals surface area contributed by atoms with Gasteiger partial charge >= 0.3 is 5.97 Å². The first-order valence-corrected chi connectivity index (χ1v) is 11.8. The van der Waals surface area contributed by atoms with Crippen molar-refractivity contribution in [2.45, 2.75) is 18.5 Å². The van der Waals surface area contributed by atoms with Gasteiger partial charge in [0, 0.05) is 17.1 Å². The van der Waals surface area contributed by atoms with Crippen LogP contribution in [-0.2, 0) is 28.5 Å². The number of carbonyl (C=O) groups is 1. The first-order chi connectivity index (χ1) is 14.8. The van der Waals surface area contributed by atoms with Gasteiger partial charge in [-0.1, -0.05) is 54.1 Å². The van der Waals surface area contributed by atoms with Gasteiger partial charge in [0.05, 0.1) is 11.3 Å². The van der Waals surface area contributed by atoms with Crippen molar-refractivity contribution in [3.8, 4) is 0 Å². The summed E-state index contributed by atoms with van der Waals surface area (Å²) in [5, 5.41) is 13.1. The lowest BCUT2D eigenvalue weighted by Gasteiger charge is -2.32. The molecule has 0 saturated carbocycles. The molecule has 1 aliphatic rings. The van der Waals surface area contributed by atoms with Crippen LogP contribution in [0.25, 0.3) is 0 Å². The van der Waals surface area contributed by atoms with Gasteiger partial charge in [0.2, 0.25) is 10.0 Å². The summed E-state index contributed by atoms with van der Waals surface area (Å²) >= 11 is 6.14. The van der Waals surface area contributed by atoms with Crippen LogP contribution in [0.1, 0.15) is 27.0 Å². The zero-order valence-electron chi connectivity index (χ0n) is 16.5. The number of anilines is 1. The topological polar surface area (TPSA) is 95.5 Å². The molecule has 3 N–H and O–H groups in total. The van der Waals surface area contributed by atoms with Crippen LogP contribution >= 0.6 is 11.6 Å². The zero-order valence-corrected chi connectivity index (χ0v) is 18.1. The van der Waals surface area contributed by atoms with Crippen LogP contribution in [-0.4, -0.2) is 25.2 Å². The van der Waals surface area contributed by atoms with Crippen molar-refractivity contribution >= 4 is 33.3 Å². The van der Waals surface area contributed by atoms with Crippen molar-refractivity contribution in [2.75, 3.05) is 11.1 Å². The fourth-order valence-electron chi connectivity index (χ4n) is 3.80. The average molecular weight is 457 g/mol. The van der Waals surface area contributed by atoms with Crippen molar-refractivity contribution in [3.05, 3.63) is 100 Å². The normalized spacial score (nSPS) is 17.7. The van der Waals surface area contributed by atoms with E-state index in [2.05, 4.69) is 10.0 Å². The third-order valence-electron chi connectivity index (χ3n) is 5.33. The molecule has 3 aromatic carbocycles. The Morgan fingerprint density at radius 3 is 2.45 bits per heavy atom. The zero-order chi connectivity index (χ0) is 22.1. The minimum absolute atomic E-state index is 0.0786. The van der Waals surface area contributed by atoms with E-state index >= 15 is 0 Å². The Hall–Kier alpha value is -2.87. The van der Waals surface area contributed by atoms with E-state index < -0.39 is 21.7 Å². The predicted octanol–water partition coefficient (Wildman–Crippen LogP) is 4.02. The molecule has 0 fully saturated rings. The molecule has 6 nitrogen and oxygen atoms in total. The third-order valence-corrected chi connectivity index (χ3v) is 6.96. The maximum atomic E-state index is 13.1. The summed E-state index contributed by atoms with van der Waals surface area (Å²) in [5.74, 6) is -1.12. The molecule has 0 radical (unpaired) electrons. The standard InChI is InChI=1S/C23H21ClN2O4S/c24-20-10-11-21-18(14-20)15-23(25-21,19-8-6-17(7-9-19)22(27)28)26-31(29,30)13-12-16-4-2-1-3-5-16/h1-11,14,25-26H,12-13,15H2,(H,27,28). The largest absolute Gasteiger partial charge is 0.478 e. The molecular formula is C23H21ClN2O4S. The molecule has 160 valence electrons. The van der Waals surface area contributed by atoms with Gasteiger partial charge in [0.1, 0.15) is 5.66 Å². The van der Waals surface area contributed by atoms with Gasteiger partial charge in [-0.25, -0.2) is 13.2 Å². The van der Waals surface area contributed by atoms with Crippen LogP contribution < -0.4 is 10.0 Å². The number of hydrogen-bond donors (Lipinski definition) is 3. The van der Waals surface area contributed by atoms with Crippen LogP contribution in [0.2, 0.25) is 5.02 Å². The monoisotopic (exact) mass is 456 g/mol. The number of aromatic carboxylic acids is 1. The Labute approximate surface area is 185 Å². The van der Waals surface area contributed by atoms with Gasteiger partial charge in [0.25, 0.3) is 0 Å². The molecule has 0 aromatic heterocycles. The molecule has 8 heteroatoms. The first kappa shape index (κ1) is 21.4. The van der Waals surface area contributed by atoms with Crippen LogP contribution in [0.3, 0.4) is 0 Å². The van der Waals surface area contributed by atoms with Gasteiger partial charge in [-0.3, -0.25) is 0 Å². The molecular weight excluding hydrogens is 436 g/mol. The Kier molecular flexibility index (Phi) is 5.75. The van der Waals surface area contributed by atoms with Gasteiger partial charge in [-0.15, -0.1) is 0 Å². The van der Waals surface area contributed by atoms with Crippen LogP contribution in [0, 0.1) is 0 Å². The number of benzene rings is 3. The summed E-state index contributed by atoms with van der Waals surface area (Å²) in [6.45, 7) is 0. The van der Waals surface area contributed by atoms with Gasteiger partial charge < -0.3 is 10.4 Å². The highest BCUT2D eigenvalue weighted by atomic mass is 35.5. The highest BCUT2D eigenvalue weighted by Gasteiger charge is 2.41. The average Bonchev–Trinajstić information content (AvgIpc) is 3.11. The predicted molar refractivity (Wildman–Crippen MR) is 121 cm³/mol. The molecule has 1 unspecified atom stereocenters. The van der Waals surface area contributed by atoms with Crippen LogP contribution in [0.4, 0.5) is 5.69 Å². The lowest BCUT2D eigenvalue weighted by atomic mass is 9.95. The van der Waals surface area contributed by atoms with E-state index in [0.717, 1.165) is 16.8 Å². The number of fused-ring (bicyclic) bond motifs is 1. The summed E-state index contributed by atoms with van der Waals surface area (Å²) in [6, 6.07) is 21.0. The molecule has 1 heterocycles. The summed E-state index contributed by atoms with van der Waals surface area (Å²) in [4.78, 5) is 11.2. The van der Waals surface area contributed by atoms with Crippen molar-refractivity contribution in [3.63, 3.8) is 0 Å². The molecule has 0 aliphatic carbocycles. The summed E-state index contributed by atoms with van der Waals surface area (Å²) in [7, 11) is -3.69. The number of carboxylic acid groups (broad SMARTS) is 1. The number of hydrogen-bond acceptors (Lipinski definition) is 4. The minimum Gasteiger partial charge on any atom is -0.478 e. The van der Waals surface area contributed by atoms with E-state index in [9.17, 15) is 18.3 Å². The first-order valence-electron chi connectivity index (χ1n) is 9.72.